The summed E-state index contributed by atoms with van der Waals surface area (Å²) in [7, 11) is -3.90. The second-order valence-electron chi connectivity index (χ2n) is 7.98. The molecule has 1 unspecified atom stereocenters. The Labute approximate surface area is 204 Å². The number of benzene rings is 3. The maximum Gasteiger partial charge on any atom is 0.428 e. The smallest absolute Gasteiger partial charge is 0.370 e. The molecule has 12 heteroatoms. The Hall–Kier alpha value is -3.74. The molecule has 1 aromatic heterocycles. The van der Waals surface area contributed by atoms with Crippen LogP contribution in [-0.4, -0.2) is 35.2 Å². The summed E-state index contributed by atoms with van der Waals surface area (Å²) < 4.78 is 66.8. The van der Waals surface area contributed by atoms with E-state index in [1.807, 2.05) is 0 Å². The van der Waals surface area contributed by atoms with Gasteiger partial charge >= 0.3 is 6.18 Å². The molecule has 8 nitrogen and oxygen atoms in total. The molecule has 0 aliphatic carbocycles. The second kappa shape index (κ2) is 9.04. The Kier molecular flexibility index (Phi) is 6.37. The summed E-state index contributed by atoms with van der Waals surface area (Å²) in [6.07, 6.45) is -5.08. The molecule has 0 fully saturated rings. The number of hydrogen-bond acceptors (Lipinski definition) is 5. The first kappa shape index (κ1) is 25.4. The molecule has 0 aliphatic heterocycles. The van der Waals surface area contributed by atoms with Gasteiger partial charge in [-0.05, 0) is 49.4 Å². The summed E-state index contributed by atoms with van der Waals surface area (Å²) in [5, 5.41) is 18.7. The topological polar surface area (TPSA) is 127 Å². The van der Waals surface area contributed by atoms with Crippen molar-refractivity contribution in [2.45, 2.75) is 30.1 Å². The molecule has 0 bridgehead atoms. The molecule has 36 heavy (non-hydrogen) atoms. The van der Waals surface area contributed by atoms with Gasteiger partial charge in [0, 0.05) is 23.4 Å². The Balaban J connectivity index is 1.75. The van der Waals surface area contributed by atoms with Crippen molar-refractivity contribution >= 4 is 32.7 Å². The average molecular weight is 519 g/mol. The van der Waals surface area contributed by atoms with Gasteiger partial charge in [0.05, 0.1) is 15.9 Å². The number of halogens is 3. The summed E-state index contributed by atoms with van der Waals surface area (Å²) >= 11 is 0. The van der Waals surface area contributed by atoms with E-state index in [0.717, 1.165) is 0 Å². The van der Waals surface area contributed by atoms with Crippen LogP contribution in [0.15, 0.2) is 77.7 Å². The zero-order valence-corrected chi connectivity index (χ0v) is 19.6. The minimum Gasteiger partial charge on any atom is -0.370 e. The van der Waals surface area contributed by atoms with Gasteiger partial charge in [-0.2, -0.15) is 13.2 Å². The maximum atomic E-state index is 14.3. The van der Waals surface area contributed by atoms with Crippen LogP contribution in [0.5, 0.6) is 0 Å². The maximum absolute atomic E-state index is 14.3. The van der Waals surface area contributed by atoms with Crippen LogP contribution in [0.3, 0.4) is 0 Å². The third-order valence-electron chi connectivity index (χ3n) is 5.69. The fraction of sp³-hybridized carbons (Fsp3) is 0.167. The molecule has 1 amide bonds. The summed E-state index contributed by atoms with van der Waals surface area (Å²) in [4.78, 5) is 16.8. The van der Waals surface area contributed by atoms with Gasteiger partial charge in [-0.1, -0.05) is 30.3 Å². The first-order chi connectivity index (χ1) is 16.9. The number of carbonyl (C=O) groups excluding carboxylic acids is 1. The molecule has 0 saturated heterocycles. The number of fused-ring (bicyclic) bond motifs is 1. The van der Waals surface area contributed by atoms with Crippen molar-refractivity contribution in [3.8, 4) is 0 Å². The predicted molar refractivity (Wildman–Crippen MR) is 127 cm³/mol. The Morgan fingerprint density at radius 3 is 2.25 bits per heavy atom. The average Bonchev–Trinajstić information content (AvgIpc) is 3.21. The van der Waals surface area contributed by atoms with Crippen molar-refractivity contribution in [2.24, 2.45) is 5.14 Å². The Bertz CT molecular complexity index is 1540. The molecule has 0 saturated carbocycles. The van der Waals surface area contributed by atoms with Crippen LogP contribution in [-0.2, 0) is 22.2 Å². The Morgan fingerprint density at radius 1 is 1.06 bits per heavy atom. The second-order valence-corrected chi connectivity index (χ2v) is 9.54. The molecule has 4 aromatic rings. The first-order valence-corrected chi connectivity index (χ1v) is 12.2. The van der Waals surface area contributed by atoms with E-state index in [1.165, 1.54) is 77.4 Å². The number of primary sulfonamides is 1. The summed E-state index contributed by atoms with van der Waals surface area (Å²) in [6.45, 7) is 1.64. The molecule has 0 aliphatic rings. The highest BCUT2D eigenvalue weighted by Gasteiger charge is 2.59. The highest BCUT2D eigenvalue weighted by molar-refractivity contribution is 7.89. The van der Waals surface area contributed by atoms with Gasteiger partial charge in [0.2, 0.25) is 15.6 Å². The molecular weight excluding hydrogens is 497 g/mol. The quantitative estimate of drug-likeness (QED) is 0.358. The summed E-state index contributed by atoms with van der Waals surface area (Å²) in [5.74, 6) is -1.20. The number of aryl methyl sites for hydroxylation is 1. The largest absolute Gasteiger partial charge is 0.428 e. The van der Waals surface area contributed by atoms with Gasteiger partial charge in [-0.3, -0.25) is 4.79 Å². The van der Waals surface area contributed by atoms with Gasteiger partial charge in [0.15, 0.2) is 5.82 Å². The molecular formula is C24H21F3N4O4S. The molecule has 1 atom stereocenters. The van der Waals surface area contributed by atoms with Crippen LogP contribution in [0, 0.1) is 0 Å². The van der Waals surface area contributed by atoms with E-state index < -0.39 is 33.5 Å². The number of nitrogens with one attached hydrogen (secondary N) is 1. The fourth-order valence-corrected chi connectivity index (χ4v) is 4.41. The van der Waals surface area contributed by atoms with Crippen LogP contribution >= 0.6 is 0 Å². The zero-order chi connectivity index (χ0) is 26.3. The third-order valence-corrected chi connectivity index (χ3v) is 6.62. The van der Waals surface area contributed by atoms with Crippen molar-refractivity contribution in [2.75, 3.05) is 5.32 Å². The lowest BCUT2D eigenvalue weighted by Gasteiger charge is -2.30. The van der Waals surface area contributed by atoms with Crippen molar-refractivity contribution < 1.29 is 31.5 Å². The van der Waals surface area contributed by atoms with Crippen LogP contribution in [0.2, 0.25) is 0 Å². The monoisotopic (exact) mass is 518 g/mol. The third kappa shape index (κ3) is 4.45. The normalized spacial score (nSPS) is 13.9. The molecule has 188 valence electrons. The minimum atomic E-state index is -5.08. The number of nitrogens with zero attached hydrogens (tertiary/aromatic N) is 2. The molecule has 4 N–H and O–H groups in total. The summed E-state index contributed by atoms with van der Waals surface area (Å²) in [6, 6.07) is 16.0. The number of anilines is 1. The van der Waals surface area contributed by atoms with E-state index in [2.05, 4.69) is 10.3 Å². The highest BCUT2D eigenvalue weighted by Crippen LogP contribution is 2.44. The van der Waals surface area contributed by atoms with Crippen LogP contribution in [0.4, 0.5) is 18.9 Å². The molecule has 4 rings (SSSR count). The minimum absolute atomic E-state index is 0.0388. The summed E-state index contributed by atoms with van der Waals surface area (Å²) in [5.41, 5.74) is -2.97. The lowest BCUT2D eigenvalue weighted by molar-refractivity contribution is -0.252. The number of aliphatic hydroxyl groups is 1. The molecule has 3 aromatic carbocycles. The lowest BCUT2D eigenvalue weighted by Crippen LogP contribution is -2.45. The number of imidazole rings is 1. The van der Waals surface area contributed by atoms with Crippen LogP contribution in [0.1, 0.15) is 28.7 Å². The number of hydrogen-bond donors (Lipinski definition) is 3. The van der Waals surface area contributed by atoms with Crippen molar-refractivity contribution in [1.29, 1.82) is 0 Å². The number of carbonyl (C=O) groups is 1. The van der Waals surface area contributed by atoms with Gasteiger partial charge in [-0.15, -0.1) is 0 Å². The molecule has 0 spiro atoms. The van der Waals surface area contributed by atoms with Gasteiger partial charge in [0.25, 0.3) is 5.91 Å². The van der Waals surface area contributed by atoms with Crippen molar-refractivity contribution in [1.82, 2.24) is 9.55 Å². The van der Waals surface area contributed by atoms with E-state index in [4.69, 9.17) is 5.14 Å². The van der Waals surface area contributed by atoms with Gasteiger partial charge in [-0.25, -0.2) is 18.5 Å². The number of alkyl halides is 3. The number of sulfonamides is 1. The first-order valence-electron chi connectivity index (χ1n) is 10.7. The van der Waals surface area contributed by atoms with E-state index in [9.17, 15) is 31.5 Å². The molecule has 1 heterocycles. The van der Waals surface area contributed by atoms with Gasteiger partial charge in [0.1, 0.15) is 0 Å². The lowest BCUT2D eigenvalue weighted by atomic mass is 9.92. The van der Waals surface area contributed by atoms with Crippen molar-refractivity contribution in [3.63, 3.8) is 0 Å². The van der Waals surface area contributed by atoms with Crippen LogP contribution < -0.4 is 10.5 Å². The van der Waals surface area contributed by atoms with Gasteiger partial charge < -0.3 is 15.0 Å². The standard InChI is InChI=1S/C24H21F3N4O4S/c1-2-31-20-14-15(21(32)29-17-9-11-18(12-10-17)36(28,34)35)8-13-19(20)30-22(31)23(33,24(25,26)27)16-6-4-3-5-7-16/h3-14,33H,2H2,1H3,(H,29,32)(H2,28,34,35). The van der Waals surface area contributed by atoms with E-state index in [-0.39, 0.29) is 39.3 Å². The zero-order valence-electron chi connectivity index (χ0n) is 18.8. The number of aromatic nitrogens is 2. The number of amides is 1. The van der Waals surface area contributed by atoms with Crippen molar-refractivity contribution in [3.05, 3.63) is 89.7 Å². The molecule has 0 radical (unpaired) electrons. The fourth-order valence-electron chi connectivity index (χ4n) is 3.89. The Morgan fingerprint density at radius 2 is 1.69 bits per heavy atom. The van der Waals surface area contributed by atoms with E-state index in [1.54, 1.807) is 6.92 Å². The van der Waals surface area contributed by atoms with E-state index >= 15 is 0 Å². The predicted octanol–water partition coefficient (Wildman–Crippen LogP) is 3.75. The van der Waals surface area contributed by atoms with E-state index in [0.29, 0.717) is 0 Å². The SMILES string of the molecule is CCn1c(C(O)(c2ccccc2)C(F)(F)F)nc2ccc(C(=O)Nc3ccc(S(N)(=O)=O)cc3)cc21. The van der Waals surface area contributed by atoms with Crippen LogP contribution in [0.25, 0.3) is 11.0 Å². The number of nitrogens with two attached hydrogens (primary N) is 1. The number of rotatable bonds is 6. The highest BCUT2D eigenvalue weighted by atomic mass is 32.2.